The minimum atomic E-state index is -5.15. The molecule has 206 valence electrons. The molecule has 3 rings (SSSR count). The topological polar surface area (TPSA) is 33.9 Å². The van der Waals surface area contributed by atoms with E-state index in [4.69, 9.17) is 6.57 Å². The van der Waals surface area contributed by atoms with E-state index in [-0.39, 0.29) is 28.4 Å². The summed E-state index contributed by atoms with van der Waals surface area (Å²) in [4.78, 5) is 16.5. The first kappa shape index (κ1) is 29.3. The van der Waals surface area contributed by atoms with Crippen LogP contribution in [0.25, 0.3) is 16.0 Å². The van der Waals surface area contributed by atoms with Crippen molar-refractivity contribution in [3.63, 3.8) is 0 Å². The van der Waals surface area contributed by atoms with Crippen molar-refractivity contribution in [3.05, 3.63) is 99.9 Å². The lowest BCUT2D eigenvalue weighted by Gasteiger charge is -2.25. The highest BCUT2D eigenvalue weighted by Crippen LogP contribution is 2.39. The summed E-state index contributed by atoms with van der Waals surface area (Å²) < 4.78 is 125. The van der Waals surface area contributed by atoms with E-state index in [9.17, 15) is 44.3 Å². The number of rotatable bonds is 5. The van der Waals surface area contributed by atoms with Crippen molar-refractivity contribution in [2.24, 2.45) is 0 Å². The molecule has 0 saturated heterocycles. The molecule has 0 radical (unpaired) electrons. The Bertz CT molecular complexity index is 1370. The number of carbonyl (C=O) groups excluding carboxylic acids is 1. The number of benzene rings is 3. The molecule has 0 heterocycles. The monoisotopic (exact) mass is 560 g/mol. The van der Waals surface area contributed by atoms with Crippen LogP contribution in [0.5, 0.6) is 0 Å². The molecule has 0 aliphatic heterocycles. The predicted molar refractivity (Wildman–Crippen MR) is 121 cm³/mol. The van der Waals surface area contributed by atoms with Gasteiger partial charge in [0.2, 0.25) is 0 Å². The molecule has 13 heteroatoms. The first-order chi connectivity index (χ1) is 18.0. The van der Waals surface area contributed by atoms with Gasteiger partial charge in [0, 0.05) is 13.1 Å². The Balaban J connectivity index is 2.15. The van der Waals surface area contributed by atoms with E-state index in [2.05, 4.69) is 9.58 Å². The van der Waals surface area contributed by atoms with Gasteiger partial charge in [-0.3, -0.25) is 4.90 Å². The lowest BCUT2D eigenvalue weighted by Crippen LogP contribution is -2.30. The fourth-order valence-corrected chi connectivity index (χ4v) is 3.81. The van der Waals surface area contributed by atoms with Crippen LogP contribution in [0.2, 0.25) is 0 Å². The molecule has 3 aromatic rings. The normalized spacial score (nSPS) is 12.1. The zero-order valence-electron chi connectivity index (χ0n) is 19.8. The Morgan fingerprint density at radius 1 is 0.769 bits per heavy atom. The van der Waals surface area contributed by atoms with Gasteiger partial charge in [0.1, 0.15) is 0 Å². The standard InChI is InChI=1S/C26H17F9N2O2/c1-36-22-6-4-3-5-21(22)20-8-7-17(24(27,28)29)11-16(20)14-37(23(38)39-2)13-15-9-18(25(30,31)32)12-19(10-15)26(33,34)35/h3-12H,13-14H2,2H3. The number of ether oxygens (including phenoxy) is 1. The van der Waals surface area contributed by atoms with Gasteiger partial charge in [-0.2, -0.15) is 39.5 Å². The second kappa shape index (κ2) is 10.9. The third kappa shape index (κ3) is 7.01. The number of hydrogen-bond acceptors (Lipinski definition) is 2. The fourth-order valence-electron chi connectivity index (χ4n) is 3.81. The molecule has 0 bridgehead atoms. The number of alkyl halides is 9. The van der Waals surface area contributed by atoms with Crippen LogP contribution in [0.4, 0.5) is 50.0 Å². The average molecular weight is 560 g/mol. The summed E-state index contributed by atoms with van der Waals surface area (Å²) in [6.45, 7) is 5.79. The smallest absolute Gasteiger partial charge is 0.416 e. The minimum absolute atomic E-state index is 0.0656. The highest BCUT2D eigenvalue weighted by atomic mass is 19.4. The van der Waals surface area contributed by atoms with Crippen LogP contribution in [0, 0.1) is 6.57 Å². The van der Waals surface area contributed by atoms with Gasteiger partial charge in [0.25, 0.3) is 0 Å². The van der Waals surface area contributed by atoms with Crippen molar-refractivity contribution in [1.82, 2.24) is 4.90 Å². The lowest BCUT2D eigenvalue weighted by atomic mass is 9.95. The number of methoxy groups -OCH3 is 1. The van der Waals surface area contributed by atoms with Crippen LogP contribution >= 0.6 is 0 Å². The second-order valence-corrected chi connectivity index (χ2v) is 8.24. The number of carbonyl (C=O) groups is 1. The highest BCUT2D eigenvalue weighted by Gasteiger charge is 2.37. The largest absolute Gasteiger partial charge is 0.453 e. The van der Waals surface area contributed by atoms with Crippen molar-refractivity contribution in [2.45, 2.75) is 31.6 Å². The zero-order chi connectivity index (χ0) is 29.2. The molecule has 0 aliphatic rings. The molecule has 4 nitrogen and oxygen atoms in total. The van der Waals surface area contributed by atoms with E-state index in [1.165, 1.54) is 24.3 Å². The molecular formula is C26H17F9N2O2. The Morgan fingerprint density at radius 2 is 1.33 bits per heavy atom. The van der Waals surface area contributed by atoms with Crippen molar-refractivity contribution < 1.29 is 49.0 Å². The third-order valence-corrected chi connectivity index (χ3v) is 5.56. The predicted octanol–water partition coefficient (Wildman–Crippen LogP) is 8.73. The zero-order valence-corrected chi connectivity index (χ0v) is 19.8. The summed E-state index contributed by atoms with van der Waals surface area (Å²) in [5.74, 6) is 0. The van der Waals surface area contributed by atoms with Gasteiger partial charge in [0.05, 0.1) is 30.4 Å². The number of amides is 1. The van der Waals surface area contributed by atoms with Gasteiger partial charge in [-0.25, -0.2) is 9.64 Å². The molecule has 0 N–H and O–H groups in total. The first-order valence-corrected chi connectivity index (χ1v) is 10.8. The van der Waals surface area contributed by atoms with Gasteiger partial charge in [-0.1, -0.05) is 30.3 Å². The summed E-state index contributed by atoms with van der Waals surface area (Å²) >= 11 is 0. The Kier molecular flexibility index (Phi) is 8.19. The van der Waals surface area contributed by atoms with Crippen LogP contribution < -0.4 is 0 Å². The summed E-state index contributed by atoms with van der Waals surface area (Å²) in [5.41, 5.74) is -4.75. The van der Waals surface area contributed by atoms with Crippen molar-refractivity contribution in [1.29, 1.82) is 0 Å². The van der Waals surface area contributed by atoms with Gasteiger partial charge in [-0.05, 0) is 52.6 Å². The Labute approximate surface area is 216 Å². The van der Waals surface area contributed by atoms with Crippen LogP contribution in [-0.2, 0) is 36.4 Å². The molecule has 3 aromatic carbocycles. The molecule has 0 fully saturated rings. The van der Waals surface area contributed by atoms with E-state index in [0.29, 0.717) is 23.1 Å². The quantitative estimate of drug-likeness (QED) is 0.231. The second-order valence-electron chi connectivity index (χ2n) is 8.24. The molecule has 0 spiro atoms. The van der Waals surface area contributed by atoms with Gasteiger partial charge in [0.15, 0.2) is 5.69 Å². The summed E-state index contributed by atoms with van der Waals surface area (Å²) in [7, 11) is 0.893. The lowest BCUT2D eigenvalue weighted by molar-refractivity contribution is -0.143. The van der Waals surface area contributed by atoms with Crippen LogP contribution in [-0.4, -0.2) is 18.1 Å². The number of para-hydroxylation sites is 1. The average Bonchev–Trinajstić information content (AvgIpc) is 2.86. The molecular weight excluding hydrogens is 543 g/mol. The van der Waals surface area contributed by atoms with E-state index < -0.39 is 60.0 Å². The fraction of sp³-hybridized carbons (Fsp3) is 0.231. The van der Waals surface area contributed by atoms with E-state index in [0.717, 1.165) is 19.2 Å². The van der Waals surface area contributed by atoms with E-state index >= 15 is 0 Å². The Hall–Kier alpha value is -4.21. The Morgan fingerprint density at radius 3 is 1.85 bits per heavy atom. The maximum absolute atomic E-state index is 13.5. The molecule has 0 atom stereocenters. The number of nitrogens with zero attached hydrogens (tertiary/aromatic N) is 2. The summed E-state index contributed by atoms with van der Waals surface area (Å²) in [6.07, 6.45) is -16.3. The van der Waals surface area contributed by atoms with E-state index in [1.807, 2.05) is 0 Å². The van der Waals surface area contributed by atoms with Crippen LogP contribution in [0.1, 0.15) is 27.8 Å². The maximum Gasteiger partial charge on any atom is 0.416 e. The highest BCUT2D eigenvalue weighted by molar-refractivity contribution is 5.81. The number of hydrogen-bond donors (Lipinski definition) is 0. The van der Waals surface area contributed by atoms with Gasteiger partial charge < -0.3 is 4.74 Å². The molecule has 0 unspecified atom stereocenters. The molecule has 0 aliphatic carbocycles. The van der Waals surface area contributed by atoms with Crippen molar-refractivity contribution in [3.8, 4) is 11.1 Å². The summed E-state index contributed by atoms with van der Waals surface area (Å²) in [6, 6.07) is 9.15. The maximum atomic E-state index is 13.5. The minimum Gasteiger partial charge on any atom is -0.453 e. The number of halogens is 9. The van der Waals surface area contributed by atoms with Crippen molar-refractivity contribution >= 4 is 11.8 Å². The van der Waals surface area contributed by atoms with Gasteiger partial charge >= 0.3 is 24.6 Å². The van der Waals surface area contributed by atoms with Crippen molar-refractivity contribution in [2.75, 3.05) is 7.11 Å². The van der Waals surface area contributed by atoms with Crippen LogP contribution in [0.15, 0.2) is 60.7 Å². The summed E-state index contributed by atoms with van der Waals surface area (Å²) in [5, 5.41) is 0. The molecule has 0 aromatic heterocycles. The first-order valence-electron chi connectivity index (χ1n) is 10.8. The van der Waals surface area contributed by atoms with Gasteiger partial charge in [-0.15, -0.1) is 0 Å². The third-order valence-electron chi connectivity index (χ3n) is 5.56. The SMILES string of the molecule is [C-]#[N+]c1ccccc1-c1ccc(C(F)(F)F)cc1CN(Cc1cc(C(F)(F)F)cc(C(F)(F)F)c1)C(=O)OC. The molecule has 0 saturated carbocycles. The van der Waals surface area contributed by atoms with Crippen LogP contribution in [0.3, 0.4) is 0 Å². The molecule has 39 heavy (non-hydrogen) atoms. The van der Waals surface area contributed by atoms with E-state index in [1.54, 1.807) is 0 Å². The molecule has 1 amide bonds.